The van der Waals surface area contributed by atoms with E-state index in [9.17, 15) is 0 Å². The highest BCUT2D eigenvalue weighted by atomic mass is 16.5. The number of nitrogens with one attached hydrogen (secondary N) is 1. The van der Waals surface area contributed by atoms with Gasteiger partial charge in [-0.2, -0.15) is 0 Å². The first-order valence-electron chi connectivity index (χ1n) is 6.57. The summed E-state index contributed by atoms with van der Waals surface area (Å²) in [5.41, 5.74) is 2.84. The summed E-state index contributed by atoms with van der Waals surface area (Å²) in [6.45, 7) is 6.90. The van der Waals surface area contributed by atoms with Crippen LogP contribution < -0.4 is 10.1 Å². The maximum absolute atomic E-state index is 5.27. The molecule has 2 rings (SSSR count). The monoisotopic (exact) mass is 233 g/mol. The van der Waals surface area contributed by atoms with Crippen molar-refractivity contribution in [1.29, 1.82) is 0 Å². The number of aryl methyl sites for hydroxylation is 1. The van der Waals surface area contributed by atoms with Gasteiger partial charge < -0.3 is 10.1 Å². The summed E-state index contributed by atoms with van der Waals surface area (Å²) in [4.78, 5) is 0. The topological polar surface area (TPSA) is 21.3 Å². The van der Waals surface area contributed by atoms with Gasteiger partial charge in [0.15, 0.2) is 0 Å². The van der Waals surface area contributed by atoms with E-state index in [-0.39, 0.29) is 0 Å². The number of ether oxygens (including phenoxy) is 1. The average Bonchev–Trinajstić information content (AvgIpc) is 2.39. The van der Waals surface area contributed by atoms with Crippen LogP contribution >= 0.6 is 0 Å². The number of benzene rings is 1. The zero-order valence-corrected chi connectivity index (χ0v) is 11.1. The van der Waals surface area contributed by atoms with E-state index in [1.807, 2.05) is 0 Å². The summed E-state index contributed by atoms with van der Waals surface area (Å²) in [5.74, 6) is 2.44. The van der Waals surface area contributed by atoms with Crippen LogP contribution in [0, 0.1) is 12.8 Å². The summed E-state index contributed by atoms with van der Waals surface area (Å²) in [6.07, 6.45) is 2.60. The van der Waals surface area contributed by atoms with Crippen LogP contribution in [0.1, 0.15) is 36.8 Å². The standard InChI is InChI=1S/C15H23NO/c1-11-10-14(17-3)4-5-15(11)12(2)13-6-8-16-9-7-13/h4-5,10,12-13,16H,6-9H2,1-3H3. The first-order chi connectivity index (χ1) is 8.22. The second-order valence-corrected chi connectivity index (χ2v) is 5.10. The fraction of sp³-hybridized carbons (Fsp3) is 0.600. The third kappa shape index (κ3) is 2.81. The highest BCUT2D eigenvalue weighted by Crippen LogP contribution is 2.33. The van der Waals surface area contributed by atoms with Crippen molar-refractivity contribution in [1.82, 2.24) is 5.32 Å². The van der Waals surface area contributed by atoms with Crippen LogP contribution in [0.25, 0.3) is 0 Å². The van der Waals surface area contributed by atoms with E-state index in [4.69, 9.17) is 4.74 Å². The van der Waals surface area contributed by atoms with Crippen LogP contribution in [0.4, 0.5) is 0 Å². The Morgan fingerprint density at radius 3 is 2.59 bits per heavy atom. The Kier molecular flexibility index (Phi) is 4.06. The minimum Gasteiger partial charge on any atom is -0.497 e. The van der Waals surface area contributed by atoms with E-state index >= 15 is 0 Å². The van der Waals surface area contributed by atoms with Crippen LogP contribution in [0.15, 0.2) is 18.2 Å². The molecule has 0 aliphatic carbocycles. The van der Waals surface area contributed by atoms with Crippen molar-refractivity contribution in [3.63, 3.8) is 0 Å². The summed E-state index contributed by atoms with van der Waals surface area (Å²) in [5, 5.41) is 3.43. The van der Waals surface area contributed by atoms with E-state index < -0.39 is 0 Å². The molecular formula is C15H23NO. The molecule has 2 heteroatoms. The van der Waals surface area contributed by atoms with Gasteiger partial charge in [-0.1, -0.05) is 13.0 Å². The second-order valence-electron chi connectivity index (χ2n) is 5.10. The van der Waals surface area contributed by atoms with E-state index in [0.717, 1.165) is 11.7 Å². The molecule has 1 aliphatic heterocycles. The van der Waals surface area contributed by atoms with Crippen LogP contribution in [-0.2, 0) is 0 Å². The molecule has 1 aromatic rings. The van der Waals surface area contributed by atoms with Gasteiger partial charge in [-0.15, -0.1) is 0 Å². The molecule has 1 unspecified atom stereocenters. The number of rotatable bonds is 3. The Morgan fingerprint density at radius 1 is 1.29 bits per heavy atom. The third-order valence-electron chi connectivity index (χ3n) is 4.06. The lowest BCUT2D eigenvalue weighted by molar-refractivity contribution is 0.329. The van der Waals surface area contributed by atoms with Crippen molar-refractivity contribution in [2.24, 2.45) is 5.92 Å². The summed E-state index contributed by atoms with van der Waals surface area (Å²) in [6, 6.07) is 6.47. The van der Waals surface area contributed by atoms with Gasteiger partial charge in [0.25, 0.3) is 0 Å². The molecule has 1 saturated heterocycles. The minimum atomic E-state index is 0.656. The highest BCUT2D eigenvalue weighted by Gasteiger charge is 2.22. The lowest BCUT2D eigenvalue weighted by Gasteiger charge is -2.29. The van der Waals surface area contributed by atoms with E-state index in [0.29, 0.717) is 5.92 Å². The predicted molar refractivity (Wildman–Crippen MR) is 71.7 cm³/mol. The summed E-state index contributed by atoms with van der Waals surface area (Å²) < 4.78 is 5.27. The van der Waals surface area contributed by atoms with Crippen molar-refractivity contribution in [2.45, 2.75) is 32.6 Å². The van der Waals surface area contributed by atoms with Crippen LogP contribution in [0.3, 0.4) is 0 Å². The fourth-order valence-corrected chi connectivity index (χ4v) is 2.88. The van der Waals surface area contributed by atoms with Gasteiger partial charge in [-0.3, -0.25) is 0 Å². The second kappa shape index (κ2) is 5.54. The van der Waals surface area contributed by atoms with Gasteiger partial charge in [0.05, 0.1) is 7.11 Å². The molecule has 2 nitrogen and oxygen atoms in total. The molecule has 0 amide bonds. The molecule has 0 saturated carbocycles. The molecule has 1 heterocycles. The molecule has 1 fully saturated rings. The maximum atomic E-state index is 5.27. The molecule has 17 heavy (non-hydrogen) atoms. The molecule has 94 valence electrons. The van der Waals surface area contributed by atoms with Crippen LogP contribution in [0.2, 0.25) is 0 Å². The fourth-order valence-electron chi connectivity index (χ4n) is 2.88. The van der Waals surface area contributed by atoms with Crippen molar-refractivity contribution < 1.29 is 4.74 Å². The molecule has 0 spiro atoms. The molecule has 1 atom stereocenters. The molecule has 1 N–H and O–H groups in total. The Labute approximate surface area is 104 Å². The smallest absolute Gasteiger partial charge is 0.119 e. The van der Waals surface area contributed by atoms with Crippen molar-refractivity contribution >= 4 is 0 Å². The highest BCUT2D eigenvalue weighted by molar-refractivity contribution is 5.37. The van der Waals surface area contributed by atoms with E-state index in [2.05, 4.69) is 37.4 Å². The summed E-state index contributed by atoms with van der Waals surface area (Å²) >= 11 is 0. The predicted octanol–water partition coefficient (Wildman–Crippen LogP) is 3.11. The van der Waals surface area contributed by atoms with Gasteiger partial charge in [-0.05, 0) is 68.0 Å². The van der Waals surface area contributed by atoms with Crippen molar-refractivity contribution in [3.05, 3.63) is 29.3 Å². The molecule has 1 aromatic carbocycles. The SMILES string of the molecule is COc1ccc(C(C)C2CCNCC2)c(C)c1. The Morgan fingerprint density at radius 2 is 2.00 bits per heavy atom. The normalized spacial score (nSPS) is 19.0. The van der Waals surface area contributed by atoms with Crippen molar-refractivity contribution in [2.75, 3.05) is 20.2 Å². The van der Waals surface area contributed by atoms with Gasteiger partial charge in [-0.25, -0.2) is 0 Å². The zero-order chi connectivity index (χ0) is 12.3. The lowest BCUT2D eigenvalue weighted by atomic mass is 9.80. The lowest BCUT2D eigenvalue weighted by Crippen LogP contribution is -2.30. The first kappa shape index (κ1) is 12.4. The maximum Gasteiger partial charge on any atom is 0.119 e. The Hall–Kier alpha value is -1.02. The van der Waals surface area contributed by atoms with Crippen molar-refractivity contribution in [3.8, 4) is 5.75 Å². The zero-order valence-electron chi connectivity index (χ0n) is 11.1. The third-order valence-corrected chi connectivity index (χ3v) is 4.06. The first-order valence-corrected chi connectivity index (χ1v) is 6.57. The number of hydrogen-bond donors (Lipinski definition) is 1. The largest absolute Gasteiger partial charge is 0.497 e. The Bertz CT molecular complexity index is 369. The van der Waals surface area contributed by atoms with Gasteiger partial charge >= 0.3 is 0 Å². The Balaban J connectivity index is 2.15. The minimum absolute atomic E-state index is 0.656. The molecule has 0 radical (unpaired) electrons. The van der Waals surface area contributed by atoms with Crippen LogP contribution in [0.5, 0.6) is 5.75 Å². The number of methoxy groups -OCH3 is 1. The molecular weight excluding hydrogens is 210 g/mol. The number of hydrogen-bond acceptors (Lipinski definition) is 2. The number of piperidine rings is 1. The van der Waals surface area contributed by atoms with E-state index in [1.54, 1.807) is 7.11 Å². The van der Waals surface area contributed by atoms with Crippen LogP contribution in [-0.4, -0.2) is 20.2 Å². The van der Waals surface area contributed by atoms with Gasteiger partial charge in [0.2, 0.25) is 0 Å². The van der Waals surface area contributed by atoms with E-state index in [1.165, 1.54) is 37.1 Å². The van der Waals surface area contributed by atoms with Gasteiger partial charge in [0.1, 0.15) is 5.75 Å². The average molecular weight is 233 g/mol. The quantitative estimate of drug-likeness (QED) is 0.866. The van der Waals surface area contributed by atoms with Gasteiger partial charge in [0, 0.05) is 0 Å². The summed E-state index contributed by atoms with van der Waals surface area (Å²) in [7, 11) is 1.73. The molecule has 0 aromatic heterocycles. The molecule has 1 aliphatic rings. The molecule has 0 bridgehead atoms.